The largest absolute Gasteiger partial charge is 0.488 e. The van der Waals surface area contributed by atoms with Gasteiger partial charge in [-0.05, 0) is 18.2 Å². The Bertz CT molecular complexity index is 491. The van der Waals surface area contributed by atoms with Crippen LogP contribution >= 0.6 is 0 Å². The molecule has 0 aliphatic carbocycles. The van der Waals surface area contributed by atoms with Crippen molar-refractivity contribution in [3.8, 4) is 17.6 Å². The van der Waals surface area contributed by atoms with Crippen molar-refractivity contribution in [3.63, 3.8) is 0 Å². The van der Waals surface area contributed by atoms with Gasteiger partial charge in [0.05, 0.1) is 13.2 Å². The van der Waals surface area contributed by atoms with Crippen LogP contribution in [0.1, 0.15) is 5.56 Å². The first-order valence-corrected chi connectivity index (χ1v) is 5.68. The van der Waals surface area contributed by atoms with Gasteiger partial charge in [-0.3, -0.25) is 0 Å². The lowest BCUT2D eigenvalue weighted by Crippen LogP contribution is -2.19. The minimum absolute atomic E-state index is 0.0931. The number of alkyl halides is 3. The van der Waals surface area contributed by atoms with Gasteiger partial charge in [0, 0.05) is 5.56 Å². The smallest absolute Gasteiger partial charge is 0.411 e. The third-order valence-corrected chi connectivity index (χ3v) is 2.02. The number of hydrogen-bond donors (Lipinski definition) is 1. The number of benzene rings is 1. The Labute approximate surface area is 113 Å². The van der Waals surface area contributed by atoms with Crippen LogP contribution in [-0.4, -0.2) is 32.5 Å². The van der Waals surface area contributed by atoms with Gasteiger partial charge in [0.15, 0.2) is 11.6 Å². The molecule has 0 saturated carbocycles. The monoisotopic (exact) mass is 291 g/mol. The SMILES string of the molecule is NCC#Cc1ccc(F)c(OCCOCC(F)(F)F)c1. The normalized spacial score (nSPS) is 10.8. The van der Waals surface area contributed by atoms with E-state index in [1.807, 2.05) is 0 Å². The van der Waals surface area contributed by atoms with Crippen LogP contribution in [0.15, 0.2) is 18.2 Å². The first kappa shape index (κ1) is 16.3. The molecule has 0 saturated heterocycles. The minimum atomic E-state index is -4.39. The van der Waals surface area contributed by atoms with Crippen molar-refractivity contribution in [1.82, 2.24) is 0 Å². The predicted octanol–water partition coefficient (Wildman–Crippen LogP) is 2.09. The van der Waals surface area contributed by atoms with E-state index in [1.54, 1.807) is 0 Å². The van der Waals surface area contributed by atoms with E-state index in [-0.39, 0.29) is 25.5 Å². The van der Waals surface area contributed by atoms with Gasteiger partial charge >= 0.3 is 6.18 Å². The quantitative estimate of drug-likeness (QED) is 0.513. The summed E-state index contributed by atoms with van der Waals surface area (Å²) in [7, 11) is 0. The van der Waals surface area contributed by atoms with Crippen LogP contribution in [0.5, 0.6) is 5.75 Å². The van der Waals surface area contributed by atoms with Gasteiger partial charge in [-0.1, -0.05) is 11.8 Å². The van der Waals surface area contributed by atoms with Crippen molar-refractivity contribution in [1.29, 1.82) is 0 Å². The van der Waals surface area contributed by atoms with E-state index in [2.05, 4.69) is 16.6 Å². The zero-order chi connectivity index (χ0) is 15.0. The van der Waals surface area contributed by atoms with Crippen LogP contribution in [0.3, 0.4) is 0 Å². The summed E-state index contributed by atoms with van der Waals surface area (Å²) < 4.78 is 58.1. The minimum Gasteiger partial charge on any atom is -0.488 e. The Balaban J connectivity index is 2.47. The molecular weight excluding hydrogens is 278 g/mol. The zero-order valence-electron chi connectivity index (χ0n) is 10.5. The van der Waals surface area contributed by atoms with Crippen molar-refractivity contribution in [2.45, 2.75) is 6.18 Å². The van der Waals surface area contributed by atoms with E-state index in [4.69, 9.17) is 10.5 Å². The molecule has 0 aliphatic heterocycles. The Morgan fingerprint density at radius 3 is 2.60 bits per heavy atom. The molecule has 1 rings (SSSR count). The summed E-state index contributed by atoms with van der Waals surface area (Å²) in [5, 5.41) is 0. The maximum atomic E-state index is 13.4. The molecule has 7 heteroatoms. The Morgan fingerprint density at radius 2 is 1.95 bits per heavy atom. The molecule has 1 aromatic carbocycles. The molecule has 0 aliphatic rings. The van der Waals surface area contributed by atoms with Gasteiger partial charge in [-0.2, -0.15) is 13.2 Å². The lowest BCUT2D eigenvalue weighted by Gasteiger charge is -2.09. The second-order valence-electron chi connectivity index (χ2n) is 3.67. The molecule has 110 valence electrons. The van der Waals surface area contributed by atoms with Crippen molar-refractivity contribution < 1.29 is 27.0 Å². The summed E-state index contributed by atoms with van der Waals surface area (Å²) in [6.07, 6.45) is -4.39. The van der Waals surface area contributed by atoms with E-state index < -0.39 is 18.6 Å². The number of rotatable bonds is 5. The molecule has 0 amide bonds. The molecule has 0 heterocycles. The fourth-order valence-corrected chi connectivity index (χ4v) is 1.24. The van der Waals surface area contributed by atoms with E-state index in [9.17, 15) is 17.6 Å². The summed E-state index contributed by atoms with van der Waals surface area (Å²) in [6.45, 7) is -1.68. The highest BCUT2D eigenvalue weighted by Gasteiger charge is 2.27. The standard InChI is InChI=1S/C13H13F4NO2/c14-11-4-3-10(2-1-5-18)8-12(11)20-7-6-19-9-13(15,16)17/h3-4,8H,5-7,9,18H2. The van der Waals surface area contributed by atoms with E-state index in [1.165, 1.54) is 12.1 Å². The number of halogens is 4. The van der Waals surface area contributed by atoms with E-state index in [0.29, 0.717) is 5.56 Å². The molecular formula is C13H13F4NO2. The van der Waals surface area contributed by atoms with Crippen LogP contribution in [0.25, 0.3) is 0 Å². The molecule has 0 bridgehead atoms. The third kappa shape index (κ3) is 6.41. The molecule has 0 atom stereocenters. The number of ether oxygens (including phenoxy) is 2. The molecule has 0 spiro atoms. The number of nitrogens with two attached hydrogens (primary N) is 1. The highest BCUT2D eigenvalue weighted by molar-refractivity contribution is 5.40. The van der Waals surface area contributed by atoms with Crippen molar-refractivity contribution in [2.75, 3.05) is 26.4 Å². The molecule has 1 aromatic rings. The average molecular weight is 291 g/mol. The molecule has 3 nitrogen and oxygen atoms in total. The maximum Gasteiger partial charge on any atom is 0.411 e. The van der Waals surface area contributed by atoms with Crippen LogP contribution in [-0.2, 0) is 4.74 Å². The van der Waals surface area contributed by atoms with Gasteiger partial charge in [0.25, 0.3) is 0 Å². The molecule has 0 fully saturated rings. The maximum absolute atomic E-state index is 13.4. The van der Waals surface area contributed by atoms with Crippen LogP contribution in [0.4, 0.5) is 17.6 Å². The Morgan fingerprint density at radius 1 is 1.20 bits per heavy atom. The number of hydrogen-bond acceptors (Lipinski definition) is 3. The second kappa shape index (κ2) is 7.72. The van der Waals surface area contributed by atoms with Gasteiger partial charge in [-0.25, -0.2) is 4.39 Å². The molecule has 0 unspecified atom stereocenters. The van der Waals surface area contributed by atoms with E-state index in [0.717, 1.165) is 6.07 Å². The van der Waals surface area contributed by atoms with Gasteiger partial charge < -0.3 is 15.2 Å². The fourth-order valence-electron chi connectivity index (χ4n) is 1.24. The first-order chi connectivity index (χ1) is 9.42. The zero-order valence-corrected chi connectivity index (χ0v) is 10.5. The van der Waals surface area contributed by atoms with Crippen LogP contribution in [0.2, 0.25) is 0 Å². The highest BCUT2D eigenvalue weighted by atomic mass is 19.4. The van der Waals surface area contributed by atoms with Gasteiger partial charge in [-0.15, -0.1) is 0 Å². The summed E-state index contributed by atoms with van der Waals surface area (Å²) in [6, 6.07) is 3.96. The third-order valence-electron chi connectivity index (χ3n) is 2.02. The van der Waals surface area contributed by atoms with E-state index >= 15 is 0 Å². The molecule has 20 heavy (non-hydrogen) atoms. The summed E-state index contributed by atoms with van der Waals surface area (Å²) >= 11 is 0. The van der Waals surface area contributed by atoms with Crippen LogP contribution in [0, 0.1) is 17.7 Å². The molecule has 2 N–H and O–H groups in total. The summed E-state index contributed by atoms with van der Waals surface area (Å²) in [5.41, 5.74) is 5.71. The molecule has 0 radical (unpaired) electrons. The van der Waals surface area contributed by atoms with Gasteiger partial charge in [0.2, 0.25) is 0 Å². The Kier molecular flexibility index (Phi) is 6.28. The lowest BCUT2D eigenvalue weighted by molar-refractivity contribution is -0.175. The summed E-state index contributed by atoms with van der Waals surface area (Å²) in [5.74, 6) is 4.57. The fraction of sp³-hybridized carbons (Fsp3) is 0.385. The van der Waals surface area contributed by atoms with Crippen molar-refractivity contribution >= 4 is 0 Å². The van der Waals surface area contributed by atoms with Crippen LogP contribution < -0.4 is 10.5 Å². The highest BCUT2D eigenvalue weighted by Crippen LogP contribution is 2.18. The lowest BCUT2D eigenvalue weighted by atomic mass is 10.2. The van der Waals surface area contributed by atoms with Gasteiger partial charge in [0.1, 0.15) is 13.2 Å². The Hall–Kier alpha value is -1.78. The summed E-state index contributed by atoms with van der Waals surface area (Å²) in [4.78, 5) is 0. The second-order valence-corrected chi connectivity index (χ2v) is 3.67. The molecule has 0 aromatic heterocycles. The first-order valence-electron chi connectivity index (χ1n) is 5.68. The van der Waals surface area contributed by atoms with Crippen molar-refractivity contribution in [2.24, 2.45) is 5.73 Å². The topological polar surface area (TPSA) is 44.5 Å². The average Bonchev–Trinajstić information content (AvgIpc) is 2.37. The predicted molar refractivity (Wildman–Crippen MR) is 64.7 cm³/mol. The van der Waals surface area contributed by atoms with Crippen molar-refractivity contribution in [3.05, 3.63) is 29.6 Å².